The normalized spacial score (nSPS) is 21.8. The van der Waals surface area contributed by atoms with Gasteiger partial charge in [-0.25, -0.2) is 0 Å². The van der Waals surface area contributed by atoms with E-state index in [0.717, 1.165) is 51.9 Å². The number of aryl methyl sites for hydroxylation is 1. The highest BCUT2D eigenvalue weighted by atomic mass is 16.1. The predicted octanol–water partition coefficient (Wildman–Crippen LogP) is 2.21. The van der Waals surface area contributed by atoms with E-state index >= 15 is 0 Å². The number of piperazine rings is 1. The van der Waals surface area contributed by atoms with Gasteiger partial charge in [-0.3, -0.25) is 4.79 Å². The Bertz CT molecular complexity index is 550. The van der Waals surface area contributed by atoms with Crippen LogP contribution in [0.2, 0.25) is 0 Å². The third-order valence-electron chi connectivity index (χ3n) is 5.15. The van der Waals surface area contributed by atoms with Crippen molar-refractivity contribution in [3.63, 3.8) is 0 Å². The second-order valence-corrected chi connectivity index (χ2v) is 6.96. The van der Waals surface area contributed by atoms with E-state index in [-0.39, 0.29) is 5.91 Å². The highest BCUT2D eigenvalue weighted by Gasteiger charge is 2.25. The number of likely N-dealkylation sites (N-methyl/N-ethyl adjacent to an activating group) is 1. The number of carbonyl (C=O) groups is 1. The smallest absolute Gasteiger partial charge is 0.220 e. The van der Waals surface area contributed by atoms with Gasteiger partial charge < -0.3 is 15.1 Å². The van der Waals surface area contributed by atoms with Gasteiger partial charge >= 0.3 is 0 Å². The van der Waals surface area contributed by atoms with Crippen LogP contribution >= 0.6 is 0 Å². The number of benzene rings is 1. The van der Waals surface area contributed by atoms with Crippen molar-refractivity contribution in [2.24, 2.45) is 0 Å². The Labute approximate surface area is 139 Å². The summed E-state index contributed by atoms with van der Waals surface area (Å²) in [5.41, 5.74) is 4.33. The monoisotopic (exact) mass is 315 g/mol. The number of hydrogen-bond acceptors (Lipinski definition) is 3. The highest BCUT2D eigenvalue weighted by Crippen LogP contribution is 2.31. The molecule has 126 valence electrons. The molecule has 0 bridgehead atoms. The first-order chi connectivity index (χ1) is 11.2. The van der Waals surface area contributed by atoms with E-state index in [9.17, 15) is 4.79 Å². The lowest BCUT2D eigenvalue weighted by atomic mass is 9.86. The van der Waals surface area contributed by atoms with Gasteiger partial charge in [0, 0.05) is 44.3 Å². The van der Waals surface area contributed by atoms with Gasteiger partial charge in [0.1, 0.15) is 0 Å². The fourth-order valence-electron chi connectivity index (χ4n) is 3.76. The fraction of sp³-hybridized carbons (Fsp3) is 0.632. The fourth-order valence-corrected chi connectivity index (χ4v) is 3.76. The van der Waals surface area contributed by atoms with Crippen molar-refractivity contribution in [3.8, 4) is 0 Å². The average Bonchev–Trinajstić information content (AvgIpc) is 2.55. The summed E-state index contributed by atoms with van der Waals surface area (Å²) in [6.07, 6.45) is 4.68. The topological polar surface area (TPSA) is 35.6 Å². The number of nitrogens with one attached hydrogen (secondary N) is 1. The zero-order valence-electron chi connectivity index (χ0n) is 14.5. The van der Waals surface area contributed by atoms with Crippen LogP contribution in [0, 0.1) is 0 Å². The first-order valence-electron chi connectivity index (χ1n) is 9.01. The van der Waals surface area contributed by atoms with E-state index in [1.54, 1.807) is 0 Å². The quantitative estimate of drug-likeness (QED) is 0.925. The van der Waals surface area contributed by atoms with E-state index < -0.39 is 0 Å². The first kappa shape index (κ1) is 16.3. The summed E-state index contributed by atoms with van der Waals surface area (Å²) in [6, 6.07) is 7.03. The Kier molecular flexibility index (Phi) is 5.21. The minimum Gasteiger partial charge on any atom is -0.369 e. The lowest BCUT2D eigenvalue weighted by Crippen LogP contribution is -2.45. The molecule has 1 amide bonds. The molecule has 4 nitrogen and oxygen atoms in total. The van der Waals surface area contributed by atoms with Crippen LogP contribution < -0.4 is 10.2 Å². The molecule has 1 aromatic carbocycles. The number of hydrogen-bond donors (Lipinski definition) is 1. The molecule has 1 atom stereocenters. The van der Waals surface area contributed by atoms with Gasteiger partial charge in [0.25, 0.3) is 0 Å². The van der Waals surface area contributed by atoms with Gasteiger partial charge in [-0.05, 0) is 49.9 Å². The molecule has 0 spiro atoms. The van der Waals surface area contributed by atoms with E-state index in [1.165, 1.54) is 16.8 Å². The third kappa shape index (κ3) is 3.86. The second kappa shape index (κ2) is 7.35. The summed E-state index contributed by atoms with van der Waals surface area (Å²) in [7, 11) is 2.19. The summed E-state index contributed by atoms with van der Waals surface area (Å²) in [6.45, 7) is 6.50. The maximum absolute atomic E-state index is 11.9. The van der Waals surface area contributed by atoms with Crippen molar-refractivity contribution in [1.82, 2.24) is 10.2 Å². The van der Waals surface area contributed by atoms with Crippen molar-refractivity contribution in [3.05, 3.63) is 29.3 Å². The summed E-state index contributed by atoms with van der Waals surface area (Å²) < 4.78 is 0. The SMILES string of the molecule is CCCC(=O)N[C@@H]1CCc2cccc(N3CCN(C)CC3)c2C1. The molecule has 1 aliphatic heterocycles. The molecular weight excluding hydrogens is 286 g/mol. The molecule has 0 radical (unpaired) electrons. The summed E-state index contributed by atoms with van der Waals surface area (Å²) in [5.74, 6) is 0.207. The van der Waals surface area contributed by atoms with E-state index in [4.69, 9.17) is 0 Å². The number of nitrogens with zero attached hydrogens (tertiary/aromatic N) is 2. The van der Waals surface area contributed by atoms with Crippen molar-refractivity contribution in [2.75, 3.05) is 38.1 Å². The van der Waals surface area contributed by atoms with E-state index in [1.807, 2.05) is 0 Å². The molecule has 23 heavy (non-hydrogen) atoms. The second-order valence-electron chi connectivity index (χ2n) is 6.96. The summed E-state index contributed by atoms with van der Waals surface area (Å²) >= 11 is 0. The molecule has 1 saturated heterocycles. The average molecular weight is 315 g/mol. The lowest BCUT2D eigenvalue weighted by Gasteiger charge is -2.37. The number of anilines is 1. The predicted molar refractivity (Wildman–Crippen MR) is 95.0 cm³/mol. The molecule has 0 aromatic heterocycles. The summed E-state index contributed by atoms with van der Waals surface area (Å²) in [4.78, 5) is 16.8. The van der Waals surface area contributed by atoms with Crippen LogP contribution in [0.3, 0.4) is 0 Å². The zero-order chi connectivity index (χ0) is 16.2. The Morgan fingerprint density at radius 2 is 2.04 bits per heavy atom. The number of fused-ring (bicyclic) bond motifs is 1. The van der Waals surface area contributed by atoms with Crippen LogP contribution in [0.4, 0.5) is 5.69 Å². The molecular formula is C19H29N3O. The van der Waals surface area contributed by atoms with Crippen molar-refractivity contribution >= 4 is 11.6 Å². The molecule has 0 saturated carbocycles. The van der Waals surface area contributed by atoms with Crippen LogP contribution in [0.25, 0.3) is 0 Å². The maximum Gasteiger partial charge on any atom is 0.220 e. The Morgan fingerprint density at radius 1 is 1.26 bits per heavy atom. The molecule has 2 aliphatic rings. The van der Waals surface area contributed by atoms with Crippen LogP contribution in [-0.2, 0) is 17.6 Å². The molecule has 1 aromatic rings. The van der Waals surface area contributed by atoms with Crippen LogP contribution in [0.15, 0.2) is 18.2 Å². The first-order valence-corrected chi connectivity index (χ1v) is 9.01. The van der Waals surface area contributed by atoms with Crippen LogP contribution in [0.5, 0.6) is 0 Å². The molecule has 1 heterocycles. The van der Waals surface area contributed by atoms with E-state index in [0.29, 0.717) is 12.5 Å². The maximum atomic E-state index is 11.9. The van der Waals surface area contributed by atoms with Gasteiger partial charge in [0.05, 0.1) is 0 Å². The van der Waals surface area contributed by atoms with Crippen LogP contribution in [-0.4, -0.2) is 50.1 Å². The Hall–Kier alpha value is -1.55. The van der Waals surface area contributed by atoms with Gasteiger partial charge in [0.15, 0.2) is 0 Å². The minimum atomic E-state index is 0.207. The standard InChI is InChI=1S/C19H29N3O/c1-3-5-19(23)20-16-9-8-15-6-4-7-18(17(15)14-16)22-12-10-21(2)11-13-22/h4,6-7,16H,3,5,8-14H2,1-2H3,(H,20,23)/t16-/m1/s1. The Morgan fingerprint density at radius 3 is 2.78 bits per heavy atom. The van der Waals surface area contributed by atoms with Gasteiger partial charge in [-0.15, -0.1) is 0 Å². The van der Waals surface area contributed by atoms with Gasteiger partial charge in [-0.2, -0.15) is 0 Å². The van der Waals surface area contributed by atoms with E-state index in [2.05, 4.69) is 47.3 Å². The summed E-state index contributed by atoms with van der Waals surface area (Å²) in [5, 5.41) is 3.23. The number of carbonyl (C=O) groups excluding carboxylic acids is 1. The minimum absolute atomic E-state index is 0.207. The number of amides is 1. The largest absolute Gasteiger partial charge is 0.369 e. The van der Waals surface area contributed by atoms with Crippen molar-refractivity contribution < 1.29 is 4.79 Å². The molecule has 3 rings (SSSR count). The highest BCUT2D eigenvalue weighted by molar-refractivity contribution is 5.76. The molecule has 0 unspecified atom stereocenters. The molecule has 1 aliphatic carbocycles. The molecule has 1 fully saturated rings. The van der Waals surface area contributed by atoms with Crippen molar-refractivity contribution in [2.45, 2.75) is 45.1 Å². The zero-order valence-corrected chi connectivity index (χ0v) is 14.5. The molecule has 1 N–H and O–H groups in total. The van der Waals surface area contributed by atoms with Crippen molar-refractivity contribution in [1.29, 1.82) is 0 Å². The Balaban J connectivity index is 1.74. The number of rotatable bonds is 4. The third-order valence-corrected chi connectivity index (χ3v) is 5.15. The van der Waals surface area contributed by atoms with Crippen LogP contribution in [0.1, 0.15) is 37.3 Å². The van der Waals surface area contributed by atoms with Gasteiger partial charge in [-0.1, -0.05) is 19.1 Å². The van der Waals surface area contributed by atoms with Gasteiger partial charge in [0.2, 0.25) is 5.91 Å². The lowest BCUT2D eigenvalue weighted by molar-refractivity contribution is -0.121. The molecule has 4 heteroatoms.